The van der Waals surface area contributed by atoms with Crippen molar-refractivity contribution in [2.45, 2.75) is 61.5 Å². The molecular weight excluding hydrogens is 420 g/mol. The van der Waals surface area contributed by atoms with Gasteiger partial charge in [0.05, 0.1) is 0 Å². The number of carbonyl (C=O) groups is 1. The predicted octanol–water partition coefficient (Wildman–Crippen LogP) is 3.52. The van der Waals surface area contributed by atoms with Crippen molar-refractivity contribution in [1.82, 2.24) is 0 Å². The summed E-state index contributed by atoms with van der Waals surface area (Å²) in [5.41, 5.74) is -2.08. The Bertz CT molecular complexity index is 965. The molecule has 29 heavy (non-hydrogen) atoms. The van der Waals surface area contributed by atoms with E-state index in [2.05, 4.69) is 0 Å². The third-order valence-corrected chi connectivity index (χ3v) is 6.95. The number of halogens is 4. The molecule has 0 heterocycles. The summed E-state index contributed by atoms with van der Waals surface area (Å²) in [5.74, 6) is -10.4. The highest BCUT2D eigenvalue weighted by molar-refractivity contribution is 7.85. The van der Waals surface area contributed by atoms with E-state index in [0.717, 1.165) is 6.42 Å². The van der Waals surface area contributed by atoms with E-state index in [9.17, 15) is 30.8 Å². The van der Waals surface area contributed by atoms with Gasteiger partial charge in [0.2, 0.25) is 11.6 Å². The molecule has 4 fully saturated rings. The first-order chi connectivity index (χ1) is 13.3. The molecule has 0 aliphatic heterocycles. The molecule has 4 aliphatic rings. The number of ether oxygens (including phenoxy) is 2. The van der Waals surface area contributed by atoms with Crippen LogP contribution >= 0.6 is 0 Å². The van der Waals surface area contributed by atoms with Crippen LogP contribution in [0.3, 0.4) is 0 Å². The Hall–Kier alpha value is -1.88. The number of hydrogen-bond donors (Lipinski definition) is 1. The molecule has 2 atom stereocenters. The largest absolute Gasteiger partial charge is 0.481 e. The van der Waals surface area contributed by atoms with Crippen LogP contribution in [0.15, 0.2) is 4.90 Å². The number of carbonyl (C=O) groups excluding carboxylic acids is 1. The summed E-state index contributed by atoms with van der Waals surface area (Å²) < 4.78 is 99.3. The molecular formula is C18H18F4O6S. The minimum absolute atomic E-state index is 0.0495. The zero-order valence-electron chi connectivity index (χ0n) is 15.3. The van der Waals surface area contributed by atoms with E-state index in [1.54, 1.807) is 0 Å². The van der Waals surface area contributed by atoms with Crippen LogP contribution < -0.4 is 4.74 Å². The van der Waals surface area contributed by atoms with Gasteiger partial charge in [-0.05, 0) is 43.9 Å². The Morgan fingerprint density at radius 1 is 0.966 bits per heavy atom. The van der Waals surface area contributed by atoms with Crippen LogP contribution in [-0.2, 0) is 19.6 Å². The highest BCUT2D eigenvalue weighted by atomic mass is 32.2. The molecule has 4 bridgehead atoms. The second-order valence-electron chi connectivity index (χ2n) is 8.41. The van der Waals surface area contributed by atoms with Crippen molar-refractivity contribution in [3.8, 4) is 5.75 Å². The van der Waals surface area contributed by atoms with Gasteiger partial charge in [-0.25, -0.2) is 8.78 Å². The minimum atomic E-state index is -5.55. The van der Waals surface area contributed by atoms with Crippen LogP contribution in [0.4, 0.5) is 17.6 Å². The monoisotopic (exact) mass is 438 g/mol. The van der Waals surface area contributed by atoms with Gasteiger partial charge in [0, 0.05) is 13.3 Å². The summed E-state index contributed by atoms with van der Waals surface area (Å²) >= 11 is 0. The number of rotatable bonds is 4. The van der Waals surface area contributed by atoms with Gasteiger partial charge in [-0.1, -0.05) is 0 Å². The van der Waals surface area contributed by atoms with Gasteiger partial charge in [-0.15, -0.1) is 0 Å². The number of hydrogen-bond acceptors (Lipinski definition) is 5. The molecule has 160 valence electrons. The third-order valence-electron chi connectivity index (χ3n) is 6.07. The van der Waals surface area contributed by atoms with Gasteiger partial charge < -0.3 is 9.47 Å². The lowest BCUT2D eigenvalue weighted by atomic mass is 9.52. The molecule has 11 heteroatoms. The molecule has 1 aromatic carbocycles. The maximum absolute atomic E-state index is 14.5. The summed E-state index contributed by atoms with van der Waals surface area (Å²) in [4.78, 5) is 9.45. The average Bonchev–Trinajstić information content (AvgIpc) is 2.53. The molecule has 2 unspecified atom stereocenters. The van der Waals surface area contributed by atoms with Crippen molar-refractivity contribution >= 4 is 16.1 Å². The van der Waals surface area contributed by atoms with E-state index in [0.29, 0.717) is 25.7 Å². The number of esters is 1. The summed E-state index contributed by atoms with van der Waals surface area (Å²) in [6.07, 6.45) is 2.79. The standard InChI is InChI=1S/C18H18F4O6S/c1-8(23)27-17-3-9-2-10(4-17)6-18(5-9,7-17)28-15-11(19)13(21)16(29(24,25)26)14(22)12(15)20/h9-10H,2-7H2,1H3,(H,24,25,26). The third kappa shape index (κ3) is 3.27. The van der Waals surface area contributed by atoms with E-state index < -0.39 is 61.2 Å². The second kappa shape index (κ2) is 6.31. The highest BCUT2D eigenvalue weighted by Crippen LogP contribution is 2.60. The van der Waals surface area contributed by atoms with Crippen LogP contribution in [-0.4, -0.2) is 30.1 Å². The minimum Gasteiger partial charge on any atom is -0.481 e. The quantitative estimate of drug-likeness (QED) is 0.335. The Labute approximate surface area is 163 Å². The Morgan fingerprint density at radius 2 is 1.45 bits per heavy atom. The average molecular weight is 438 g/mol. The molecule has 0 amide bonds. The summed E-state index contributed by atoms with van der Waals surface area (Å²) in [6, 6.07) is 0. The fourth-order valence-electron chi connectivity index (χ4n) is 5.76. The molecule has 4 saturated carbocycles. The molecule has 5 rings (SSSR count). The first-order valence-corrected chi connectivity index (χ1v) is 10.5. The Balaban J connectivity index is 1.76. The van der Waals surface area contributed by atoms with E-state index in [-0.39, 0.29) is 18.3 Å². The van der Waals surface area contributed by atoms with Gasteiger partial charge in [0.25, 0.3) is 0 Å². The fraction of sp³-hybridized carbons (Fsp3) is 0.611. The van der Waals surface area contributed by atoms with E-state index in [4.69, 9.17) is 14.0 Å². The van der Waals surface area contributed by atoms with Crippen LogP contribution in [0, 0.1) is 35.1 Å². The highest BCUT2D eigenvalue weighted by Gasteiger charge is 2.61. The molecule has 0 aromatic heterocycles. The first-order valence-electron chi connectivity index (χ1n) is 9.07. The fourth-order valence-corrected chi connectivity index (χ4v) is 6.40. The van der Waals surface area contributed by atoms with E-state index >= 15 is 0 Å². The first kappa shape index (κ1) is 20.4. The van der Waals surface area contributed by atoms with Crippen LogP contribution in [0.2, 0.25) is 0 Å². The summed E-state index contributed by atoms with van der Waals surface area (Å²) in [6.45, 7) is 1.25. The van der Waals surface area contributed by atoms with Gasteiger partial charge >= 0.3 is 16.1 Å². The van der Waals surface area contributed by atoms with Crippen molar-refractivity contribution in [1.29, 1.82) is 0 Å². The van der Waals surface area contributed by atoms with Crippen LogP contribution in [0.25, 0.3) is 0 Å². The topological polar surface area (TPSA) is 89.9 Å². The van der Waals surface area contributed by atoms with E-state index in [1.807, 2.05) is 0 Å². The number of benzene rings is 1. The molecule has 1 aromatic rings. The lowest BCUT2D eigenvalue weighted by molar-refractivity contribution is -0.212. The molecule has 0 saturated heterocycles. The van der Waals surface area contributed by atoms with Gasteiger partial charge in [-0.3, -0.25) is 9.35 Å². The zero-order chi connectivity index (χ0) is 21.4. The molecule has 1 N–H and O–H groups in total. The Morgan fingerprint density at radius 3 is 1.90 bits per heavy atom. The second-order valence-corrected chi connectivity index (χ2v) is 9.77. The molecule has 0 spiro atoms. The smallest absolute Gasteiger partial charge is 0.303 e. The van der Waals surface area contributed by atoms with Gasteiger partial charge in [-0.2, -0.15) is 17.2 Å². The van der Waals surface area contributed by atoms with Crippen LogP contribution in [0.5, 0.6) is 5.75 Å². The van der Waals surface area contributed by atoms with E-state index in [1.165, 1.54) is 6.92 Å². The zero-order valence-corrected chi connectivity index (χ0v) is 16.1. The molecule has 4 aliphatic carbocycles. The van der Waals surface area contributed by atoms with Crippen LogP contribution in [0.1, 0.15) is 45.4 Å². The van der Waals surface area contributed by atoms with Crippen molar-refractivity contribution in [3.05, 3.63) is 23.3 Å². The SMILES string of the molecule is CC(=O)OC12CC3CC(C1)CC(Oc1c(F)c(F)c(S(=O)(=O)O)c(F)c1F)(C3)C2. The Kier molecular flexibility index (Phi) is 4.44. The summed E-state index contributed by atoms with van der Waals surface area (Å²) in [5, 5.41) is 0. The lowest BCUT2D eigenvalue weighted by Gasteiger charge is -2.60. The van der Waals surface area contributed by atoms with Crippen molar-refractivity contribution in [2.75, 3.05) is 0 Å². The van der Waals surface area contributed by atoms with Crippen molar-refractivity contribution in [2.24, 2.45) is 11.8 Å². The lowest BCUT2D eigenvalue weighted by Crippen LogP contribution is -2.62. The summed E-state index contributed by atoms with van der Waals surface area (Å²) in [7, 11) is -5.55. The van der Waals surface area contributed by atoms with Gasteiger partial charge in [0.1, 0.15) is 11.2 Å². The molecule has 6 nitrogen and oxygen atoms in total. The normalized spacial score (nSPS) is 33.0. The molecule has 0 radical (unpaired) electrons. The maximum atomic E-state index is 14.5. The van der Waals surface area contributed by atoms with Crippen molar-refractivity contribution in [3.63, 3.8) is 0 Å². The van der Waals surface area contributed by atoms with Gasteiger partial charge in [0.15, 0.2) is 22.3 Å². The maximum Gasteiger partial charge on any atom is 0.303 e. The van der Waals surface area contributed by atoms with Crippen molar-refractivity contribution < 1.29 is 44.8 Å². The predicted molar refractivity (Wildman–Crippen MR) is 88.6 cm³/mol.